The summed E-state index contributed by atoms with van der Waals surface area (Å²) in [5.41, 5.74) is 1.21. The predicted molar refractivity (Wildman–Crippen MR) is 95.6 cm³/mol. The van der Waals surface area contributed by atoms with Crippen molar-refractivity contribution in [2.45, 2.75) is 19.9 Å². The number of anilines is 1. The van der Waals surface area contributed by atoms with Gasteiger partial charge in [0.15, 0.2) is 0 Å². The van der Waals surface area contributed by atoms with Gasteiger partial charge in [-0.25, -0.2) is 0 Å². The highest BCUT2D eigenvalue weighted by atomic mass is 35.5. The average molecular weight is 357 g/mol. The molecule has 25 heavy (non-hydrogen) atoms. The topological polar surface area (TPSA) is 66.5 Å². The summed E-state index contributed by atoms with van der Waals surface area (Å²) in [6.45, 7) is 3.60. The minimum absolute atomic E-state index is 0.241. The molecule has 0 unspecified atom stereocenters. The lowest BCUT2D eigenvalue weighted by Crippen LogP contribution is -2.50. The first-order valence-electron chi connectivity index (χ1n) is 7.93. The molecule has 128 valence electrons. The summed E-state index contributed by atoms with van der Waals surface area (Å²) in [5.74, 6) is -1.53. The highest BCUT2D eigenvalue weighted by Gasteiger charge is 2.43. The van der Waals surface area contributed by atoms with Crippen LogP contribution in [0, 0.1) is 5.92 Å². The number of carbonyl (C=O) groups is 3. The van der Waals surface area contributed by atoms with Crippen LogP contribution in [-0.2, 0) is 4.79 Å². The smallest absolute Gasteiger partial charge is 0.262 e. The minimum atomic E-state index is -0.900. The highest BCUT2D eigenvalue weighted by Crippen LogP contribution is 2.28. The molecule has 3 rings (SSSR count). The Labute approximate surface area is 150 Å². The number of amides is 3. The monoisotopic (exact) mass is 356 g/mol. The molecular weight excluding hydrogens is 340 g/mol. The second kappa shape index (κ2) is 6.69. The van der Waals surface area contributed by atoms with Gasteiger partial charge in [0.1, 0.15) is 6.04 Å². The number of hydrogen-bond acceptors (Lipinski definition) is 3. The summed E-state index contributed by atoms with van der Waals surface area (Å²) in [5, 5.41) is 3.31. The van der Waals surface area contributed by atoms with Crippen molar-refractivity contribution < 1.29 is 14.4 Å². The van der Waals surface area contributed by atoms with E-state index in [1.807, 2.05) is 0 Å². The summed E-state index contributed by atoms with van der Waals surface area (Å²) < 4.78 is 0. The van der Waals surface area contributed by atoms with E-state index in [2.05, 4.69) is 5.32 Å². The Morgan fingerprint density at radius 3 is 1.96 bits per heavy atom. The summed E-state index contributed by atoms with van der Waals surface area (Å²) in [7, 11) is 0. The maximum atomic E-state index is 12.8. The van der Waals surface area contributed by atoms with Crippen LogP contribution in [-0.4, -0.2) is 28.7 Å². The summed E-state index contributed by atoms with van der Waals surface area (Å²) in [6, 6.07) is 12.3. The van der Waals surface area contributed by atoms with E-state index in [0.29, 0.717) is 21.8 Å². The molecule has 1 aliphatic heterocycles. The van der Waals surface area contributed by atoms with E-state index in [0.717, 1.165) is 4.90 Å². The zero-order valence-corrected chi connectivity index (χ0v) is 14.6. The van der Waals surface area contributed by atoms with Crippen molar-refractivity contribution in [3.05, 3.63) is 64.7 Å². The fourth-order valence-corrected chi connectivity index (χ4v) is 3.05. The number of benzene rings is 2. The van der Waals surface area contributed by atoms with Crippen LogP contribution in [0.5, 0.6) is 0 Å². The van der Waals surface area contributed by atoms with E-state index < -0.39 is 23.8 Å². The number of nitrogens with one attached hydrogen (secondary N) is 1. The van der Waals surface area contributed by atoms with E-state index in [-0.39, 0.29) is 5.92 Å². The van der Waals surface area contributed by atoms with Gasteiger partial charge in [-0.05, 0) is 42.3 Å². The number of hydrogen-bond donors (Lipinski definition) is 1. The first-order valence-corrected chi connectivity index (χ1v) is 8.31. The van der Waals surface area contributed by atoms with Gasteiger partial charge in [0.25, 0.3) is 11.8 Å². The Morgan fingerprint density at radius 2 is 1.48 bits per heavy atom. The molecule has 2 aromatic carbocycles. The fourth-order valence-electron chi connectivity index (χ4n) is 2.93. The van der Waals surface area contributed by atoms with E-state index in [1.165, 1.54) is 0 Å². The molecule has 3 amide bonds. The van der Waals surface area contributed by atoms with Gasteiger partial charge in [0.05, 0.1) is 11.1 Å². The molecule has 0 saturated carbocycles. The molecule has 0 saturated heterocycles. The van der Waals surface area contributed by atoms with Crippen molar-refractivity contribution in [1.29, 1.82) is 0 Å². The Bertz CT molecular complexity index is 811. The van der Waals surface area contributed by atoms with Gasteiger partial charge in [-0.3, -0.25) is 19.3 Å². The first-order chi connectivity index (χ1) is 11.9. The van der Waals surface area contributed by atoms with E-state index in [1.54, 1.807) is 62.4 Å². The molecule has 0 fully saturated rings. The van der Waals surface area contributed by atoms with Crippen molar-refractivity contribution in [2.75, 3.05) is 5.32 Å². The largest absolute Gasteiger partial charge is 0.324 e. The Balaban J connectivity index is 1.89. The third-order valence-corrected chi connectivity index (χ3v) is 4.37. The maximum absolute atomic E-state index is 12.8. The molecule has 1 N–H and O–H groups in total. The molecule has 0 aromatic heterocycles. The zero-order chi connectivity index (χ0) is 18.1. The third kappa shape index (κ3) is 3.15. The highest BCUT2D eigenvalue weighted by molar-refractivity contribution is 6.30. The van der Waals surface area contributed by atoms with E-state index >= 15 is 0 Å². The Morgan fingerprint density at radius 1 is 0.960 bits per heavy atom. The molecule has 1 atom stereocenters. The van der Waals surface area contributed by atoms with Crippen molar-refractivity contribution in [3.8, 4) is 0 Å². The minimum Gasteiger partial charge on any atom is -0.324 e. The molecule has 2 aromatic rings. The van der Waals surface area contributed by atoms with Gasteiger partial charge in [-0.15, -0.1) is 0 Å². The van der Waals surface area contributed by atoms with Gasteiger partial charge in [-0.1, -0.05) is 37.6 Å². The van der Waals surface area contributed by atoms with Crippen molar-refractivity contribution in [1.82, 2.24) is 4.90 Å². The lowest BCUT2D eigenvalue weighted by Gasteiger charge is -2.28. The Hall–Kier alpha value is -2.66. The summed E-state index contributed by atoms with van der Waals surface area (Å²) >= 11 is 5.84. The fraction of sp³-hybridized carbons (Fsp3) is 0.211. The number of carbonyl (C=O) groups excluding carboxylic acids is 3. The zero-order valence-electron chi connectivity index (χ0n) is 13.8. The number of fused-ring (bicyclic) bond motifs is 1. The van der Waals surface area contributed by atoms with Gasteiger partial charge in [-0.2, -0.15) is 0 Å². The number of nitrogens with zero attached hydrogens (tertiary/aromatic N) is 1. The second-order valence-corrected chi connectivity index (χ2v) is 6.65. The third-order valence-electron chi connectivity index (χ3n) is 4.12. The molecule has 6 heteroatoms. The second-order valence-electron chi connectivity index (χ2n) is 6.21. The normalized spacial score (nSPS) is 14.6. The quantitative estimate of drug-likeness (QED) is 0.851. The van der Waals surface area contributed by atoms with Crippen molar-refractivity contribution in [3.63, 3.8) is 0 Å². The molecule has 0 aliphatic carbocycles. The maximum Gasteiger partial charge on any atom is 0.262 e. The van der Waals surface area contributed by atoms with Gasteiger partial charge >= 0.3 is 0 Å². The first kappa shape index (κ1) is 17.2. The lowest BCUT2D eigenvalue weighted by molar-refractivity contribution is -0.121. The standard InChI is InChI=1S/C19H17ClN2O3/c1-11(2)16(17(23)21-13-9-7-12(20)8-10-13)22-18(24)14-5-3-4-6-15(14)19(22)25/h3-11,16H,1-2H3,(H,21,23)/t16-/m0/s1. The summed E-state index contributed by atoms with van der Waals surface area (Å²) in [6.07, 6.45) is 0. The van der Waals surface area contributed by atoms with Crippen molar-refractivity contribution in [2.24, 2.45) is 5.92 Å². The molecule has 0 radical (unpaired) electrons. The van der Waals surface area contributed by atoms with Crippen LogP contribution in [0.3, 0.4) is 0 Å². The van der Waals surface area contributed by atoms with Crippen molar-refractivity contribution >= 4 is 35.0 Å². The van der Waals surface area contributed by atoms with Crippen LogP contribution in [0.15, 0.2) is 48.5 Å². The molecular formula is C19H17ClN2O3. The van der Waals surface area contributed by atoms with Crippen LogP contribution in [0.2, 0.25) is 5.02 Å². The van der Waals surface area contributed by atoms with Gasteiger partial charge < -0.3 is 5.32 Å². The van der Waals surface area contributed by atoms with E-state index in [9.17, 15) is 14.4 Å². The molecule has 5 nitrogen and oxygen atoms in total. The van der Waals surface area contributed by atoms with Crippen LogP contribution in [0.25, 0.3) is 0 Å². The number of halogens is 1. The van der Waals surface area contributed by atoms with E-state index in [4.69, 9.17) is 11.6 Å². The summed E-state index contributed by atoms with van der Waals surface area (Å²) in [4.78, 5) is 39.2. The lowest BCUT2D eigenvalue weighted by atomic mass is 10.0. The van der Waals surface area contributed by atoms with Crippen LogP contribution in [0.1, 0.15) is 34.6 Å². The molecule has 1 aliphatic rings. The molecule has 0 bridgehead atoms. The predicted octanol–water partition coefficient (Wildman–Crippen LogP) is 3.60. The van der Waals surface area contributed by atoms with Crippen LogP contribution >= 0.6 is 11.6 Å². The molecule has 1 heterocycles. The van der Waals surface area contributed by atoms with Crippen LogP contribution < -0.4 is 5.32 Å². The Kier molecular flexibility index (Phi) is 4.59. The van der Waals surface area contributed by atoms with Crippen LogP contribution in [0.4, 0.5) is 5.69 Å². The van der Waals surface area contributed by atoms with Gasteiger partial charge in [0.2, 0.25) is 5.91 Å². The number of rotatable bonds is 4. The SMILES string of the molecule is CC(C)[C@@H](C(=O)Nc1ccc(Cl)cc1)N1C(=O)c2ccccc2C1=O. The molecule has 0 spiro atoms. The number of imide groups is 1. The van der Waals surface area contributed by atoms with Gasteiger partial charge in [0, 0.05) is 10.7 Å². The average Bonchev–Trinajstić information content (AvgIpc) is 2.83.